The number of fused-ring (bicyclic) bond motifs is 1. The highest BCUT2D eigenvalue weighted by Gasteiger charge is 2.22. The molecule has 0 aromatic heterocycles. The molecule has 0 bridgehead atoms. The lowest BCUT2D eigenvalue weighted by Crippen LogP contribution is -2.38. The molecule has 2 aliphatic rings. The second kappa shape index (κ2) is 13.6. The maximum atomic E-state index is 13.2. The smallest absolute Gasteiger partial charge is 0.251 e. The van der Waals surface area contributed by atoms with Gasteiger partial charge < -0.3 is 20.1 Å². The van der Waals surface area contributed by atoms with Gasteiger partial charge in [-0.3, -0.25) is 14.5 Å². The minimum absolute atomic E-state index is 0.0434. The lowest BCUT2D eigenvalue weighted by Gasteiger charge is -2.26. The minimum atomic E-state index is -0.0699. The Hall–Kier alpha value is -2.12. The molecule has 33 heavy (non-hydrogen) atoms. The fourth-order valence-corrected chi connectivity index (χ4v) is 4.31. The predicted octanol–water partition coefficient (Wildman–Crippen LogP) is 3.37. The molecule has 7 heteroatoms. The molecule has 0 atom stereocenters. The van der Waals surface area contributed by atoms with E-state index in [0.29, 0.717) is 50.2 Å². The molecule has 2 N–H and O–H groups in total. The maximum Gasteiger partial charge on any atom is 0.251 e. The Morgan fingerprint density at radius 3 is 2.76 bits per heavy atom. The molecule has 1 saturated heterocycles. The first-order valence-electron chi connectivity index (χ1n) is 12.6. The predicted molar refractivity (Wildman–Crippen MR) is 129 cm³/mol. The Bertz CT molecular complexity index is 762. The zero-order chi connectivity index (χ0) is 23.5. The topological polar surface area (TPSA) is 79.9 Å². The molecular formula is C26H41N3O4. The molecule has 184 valence electrons. The van der Waals surface area contributed by atoms with Gasteiger partial charge in [0.05, 0.1) is 13.2 Å². The first-order valence-corrected chi connectivity index (χ1v) is 12.6. The molecule has 0 unspecified atom stereocenters. The van der Waals surface area contributed by atoms with Gasteiger partial charge >= 0.3 is 0 Å². The van der Waals surface area contributed by atoms with E-state index in [9.17, 15) is 9.59 Å². The van der Waals surface area contributed by atoms with Gasteiger partial charge in [-0.2, -0.15) is 0 Å². The number of ether oxygens (including phenoxy) is 2. The lowest BCUT2D eigenvalue weighted by molar-refractivity contribution is -0.122. The number of hydrogen-bond acceptors (Lipinski definition) is 5. The third-order valence-electron chi connectivity index (χ3n) is 6.44. The number of amides is 2. The summed E-state index contributed by atoms with van der Waals surface area (Å²) in [5.41, 5.74) is 1.52. The monoisotopic (exact) mass is 459 g/mol. The third kappa shape index (κ3) is 8.63. The van der Waals surface area contributed by atoms with Crippen LogP contribution in [-0.2, 0) is 16.1 Å². The summed E-state index contributed by atoms with van der Waals surface area (Å²) < 4.78 is 11.6. The lowest BCUT2D eigenvalue weighted by atomic mass is 9.99. The largest absolute Gasteiger partial charge is 0.493 e. The van der Waals surface area contributed by atoms with E-state index >= 15 is 0 Å². The van der Waals surface area contributed by atoms with Gasteiger partial charge in [0.1, 0.15) is 5.75 Å². The summed E-state index contributed by atoms with van der Waals surface area (Å²) in [5.74, 6) is 1.72. The van der Waals surface area contributed by atoms with Gasteiger partial charge in [-0.15, -0.1) is 0 Å². The van der Waals surface area contributed by atoms with E-state index in [1.807, 2.05) is 18.2 Å². The summed E-state index contributed by atoms with van der Waals surface area (Å²) in [6.07, 6.45) is 5.82. The van der Waals surface area contributed by atoms with Crippen molar-refractivity contribution in [3.8, 4) is 5.75 Å². The van der Waals surface area contributed by atoms with Crippen LogP contribution in [0.4, 0.5) is 0 Å². The second-order valence-corrected chi connectivity index (χ2v) is 9.70. The van der Waals surface area contributed by atoms with Crippen molar-refractivity contribution >= 4 is 11.8 Å². The van der Waals surface area contributed by atoms with Gasteiger partial charge in [-0.25, -0.2) is 0 Å². The number of nitrogens with zero attached hydrogens (tertiary/aromatic N) is 1. The molecule has 1 aromatic carbocycles. The highest BCUT2D eigenvalue weighted by Crippen LogP contribution is 2.26. The molecule has 0 radical (unpaired) electrons. The zero-order valence-corrected chi connectivity index (χ0v) is 20.4. The third-order valence-corrected chi connectivity index (χ3v) is 6.44. The van der Waals surface area contributed by atoms with Gasteiger partial charge in [0.25, 0.3) is 5.91 Å². The van der Waals surface area contributed by atoms with Crippen LogP contribution in [0.25, 0.3) is 0 Å². The van der Waals surface area contributed by atoms with Crippen LogP contribution in [0.2, 0.25) is 0 Å². The molecule has 1 fully saturated rings. The van der Waals surface area contributed by atoms with Crippen molar-refractivity contribution < 1.29 is 19.1 Å². The number of rotatable bonds is 6. The Morgan fingerprint density at radius 1 is 1.15 bits per heavy atom. The van der Waals surface area contributed by atoms with E-state index in [2.05, 4.69) is 29.4 Å². The Balaban J connectivity index is 1.80. The van der Waals surface area contributed by atoms with Crippen LogP contribution in [0.1, 0.15) is 68.3 Å². The van der Waals surface area contributed by atoms with Gasteiger partial charge in [0.15, 0.2) is 0 Å². The van der Waals surface area contributed by atoms with Crippen molar-refractivity contribution in [3.63, 3.8) is 0 Å². The summed E-state index contributed by atoms with van der Waals surface area (Å²) in [6, 6.07) is 5.72. The van der Waals surface area contributed by atoms with E-state index in [1.165, 1.54) is 0 Å². The number of hydrogen-bond donors (Lipinski definition) is 2. The molecule has 1 aromatic rings. The molecule has 2 amide bonds. The standard InChI is InChI=1S/C26H41N3O4/c1-20(2)9-13-29-18-23-22(26(31)28-17-21-10-15-32-16-11-21)7-6-8-24(23)33-14-5-3-4-12-27-25(30)19-29/h6-8,20-21H,3-5,9-19H2,1-2H3,(H,27,30)(H,28,31). The average Bonchev–Trinajstić information content (AvgIpc) is 2.82. The normalized spacial score (nSPS) is 19.4. The molecule has 3 rings (SSSR count). The number of nitrogens with one attached hydrogen (secondary N) is 2. The molecule has 0 saturated carbocycles. The number of benzene rings is 1. The fraction of sp³-hybridized carbons (Fsp3) is 0.692. The van der Waals surface area contributed by atoms with E-state index in [-0.39, 0.29) is 11.8 Å². The Kier molecular flexibility index (Phi) is 10.5. The van der Waals surface area contributed by atoms with Crippen LogP contribution in [0, 0.1) is 11.8 Å². The van der Waals surface area contributed by atoms with Crippen LogP contribution in [0.3, 0.4) is 0 Å². The van der Waals surface area contributed by atoms with Crippen molar-refractivity contribution in [3.05, 3.63) is 29.3 Å². The summed E-state index contributed by atoms with van der Waals surface area (Å²) in [6.45, 7) is 9.50. The summed E-state index contributed by atoms with van der Waals surface area (Å²) in [7, 11) is 0. The average molecular weight is 460 g/mol. The molecule has 7 nitrogen and oxygen atoms in total. The summed E-state index contributed by atoms with van der Waals surface area (Å²) in [4.78, 5) is 27.9. The number of carbonyl (C=O) groups is 2. The van der Waals surface area contributed by atoms with Crippen LogP contribution < -0.4 is 15.4 Å². The molecule has 0 spiro atoms. The van der Waals surface area contributed by atoms with Crippen molar-refractivity contribution in [2.45, 2.75) is 58.9 Å². The summed E-state index contributed by atoms with van der Waals surface area (Å²) >= 11 is 0. The fourth-order valence-electron chi connectivity index (χ4n) is 4.31. The van der Waals surface area contributed by atoms with E-state index in [4.69, 9.17) is 9.47 Å². The highest BCUT2D eigenvalue weighted by atomic mass is 16.5. The highest BCUT2D eigenvalue weighted by molar-refractivity contribution is 5.96. The van der Waals surface area contributed by atoms with Crippen LogP contribution in [0.5, 0.6) is 5.75 Å². The van der Waals surface area contributed by atoms with Crippen molar-refractivity contribution in [1.82, 2.24) is 15.5 Å². The van der Waals surface area contributed by atoms with E-state index in [1.54, 1.807) is 0 Å². The Morgan fingerprint density at radius 2 is 1.97 bits per heavy atom. The second-order valence-electron chi connectivity index (χ2n) is 9.70. The molecular weight excluding hydrogens is 418 g/mol. The van der Waals surface area contributed by atoms with Crippen molar-refractivity contribution in [1.29, 1.82) is 0 Å². The van der Waals surface area contributed by atoms with Gasteiger partial charge in [0, 0.05) is 44.0 Å². The Labute approximate surface area is 198 Å². The first-order chi connectivity index (χ1) is 16.0. The minimum Gasteiger partial charge on any atom is -0.493 e. The van der Waals surface area contributed by atoms with Crippen LogP contribution in [-0.4, -0.2) is 62.7 Å². The SMILES string of the molecule is CC(C)CCN1CC(=O)NCCCCCOc2cccc(C(=O)NCC3CCOCC3)c2C1. The van der Waals surface area contributed by atoms with Crippen LogP contribution >= 0.6 is 0 Å². The quantitative estimate of drug-likeness (QED) is 0.682. The van der Waals surface area contributed by atoms with Crippen molar-refractivity contribution in [2.24, 2.45) is 11.8 Å². The molecule has 0 aliphatic carbocycles. The van der Waals surface area contributed by atoms with Gasteiger partial charge in [-0.1, -0.05) is 19.9 Å². The molecule has 2 aliphatic heterocycles. The number of carbonyl (C=O) groups excluding carboxylic acids is 2. The van der Waals surface area contributed by atoms with E-state index < -0.39 is 0 Å². The summed E-state index contributed by atoms with van der Waals surface area (Å²) in [5, 5.41) is 6.19. The van der Waals surface area contributed by atoms with Crippen molar-refractivity contribution in [2.75, 3.05) is 46.0 Å². The molecule has 2 heterocycles. The van der Waals surface area contributed by atoms with Crippen LogP contribution in [0.15, 0.2) is 18.2 Å². The van der Waals surface area contributed by atoms with Gasteiger partial charge in [-0.05, 0) is 69.0 Å². The zero-order valence-electron chi connectivity index (χ0n) is 20.4. The van der Waals surface area contributed by atoms with E-state index in [0.717, 1.165) is 69.6 Å². The van der Waals surface area contributed by atoms with Gasteiger partial charge in [0.2, 0.25) is 5.91 Å². The first kappa shape index (κ1) is 25.5. The maximum absolute atomic E-state index is 13.2.